The highest BCUT2D eigenvalue weighted by Crippen LogP contribution is 2.34. The molecule has 24 heavy (non-hydrogen) atoms. The predicted octanol–water partition coefficient (Wildman–Crippen LogP) is 3.28. The number of carbonyl (C=O) groups is 2. The number of halogens is 1. The molecule has 1 atom stereocenters. The molecule has 0 aliphatic carbocycles. The first-order valence-electron chi connectivity index (χ1n) is 7.71. The minimum absolute atomic E-state index is 0.0281. The molecule has 6 nitrogen and oxygen atoms in total. The first-order chi connectivity index (χ1) is 11.4. The Labute approximate surface area is 149 Å². The lowest BCUT2D eigenvalue weighted by molar-refractivity contribution is -0.139. The van der Waals surface area contributed by atoms with E-state index in [1.807, 2.05) is 26.0 Å². The van der Waals surface area contributed by atoms with Crippen LogP contribution in [0.5, 0.6) is 5.75 Å². The van der Waals surface area contributed by atoms with E-state index in [2.05, 4.69) is 26.6 Å². The summed E-state index contributed by atoms with van der Waals surface area (Å²) in [5, 5.41) is 5.54. The number of allylic oxidation sites excluding steroid dienone is 1. The SMILES string of the molecule is CCOC(=O)C1=C(C(C)C)NC(=O)NC1c1ccc(OC)c(Br)c1. The Morgan fingerprint density at radius 2 is 2.08 bits per heavy atom. The van der Waals surface area contributed by atoms with Crippen LogP contribution in [0.3, 0.4) is 0 Å². The molecule has 0 radical (unpaired) electrons. The predicted molar refractivity (Wildman–Crippen MR) is 93.6 cm³/mol. The third-order valence-corrected chi connectivity index (χ3v) is 4.30. The van der Waals surface area contributed by atoms with Crippen LogP contribution < -0.4 is 15.4 Å². The average molecular weight is 397 g/mol. The Morgan fingerprint density at radius 3 is 2.62 bits per heavy atom. The Hall–Kier alpha value is -2.02. The zero-order valence-electron chi connectivity index (χ0n) is 14.1. The van der Waals surface area contributed by atoms with Gasteiger partial charge in [0.2, 0.25) is 0 Å². The molecule has 1 heterocycles. The number of rotatable bonds is 5. The van der Waals surface area contributed by atoms with Crippen molar-refractivity contribution < 1.29 is 19.1 Å². The number of methoxy groups -OCH3 is 1. The van der Waals surface area contributed by atoms with Crippen LogP contribution in [0.2, 0.25) is 0 Å². The van der Waals surface area contributed by atoms with E-state index in [4.69, 9.17) is 9.47 Å². The largest absolute Gasteiger partial charge is 0.496 e. The van der Waals surface area contributed by atoms with Gasteiger partial charge >= 0.3 is 12.0 Å². The molecule has 2 amide bonds. The van der Waals surface area contributed by atoms with Gasteiger partial charge in [-0.1, -0.05) is 19.9 Å². The summed E-state index contributed by atoms with van der Waals surface area (Å²) >= 11 is 3.44. The molecule has 0 fully saturated rings. The zero-order valence-corrected chi connectivity index (χ0v) is 15.7. The van der Waals surface area contributed by atoms with Gasteiger partial charge in [0.1, 0.15) is 5.75 Å². The van der Waals surface area contributed by atoms with Crippen LogP contribution in [-0.4, -0.2) is 25.7 Å². The minimum Gasteiger partial charge on any atom is -0.496 e. The Morgan fingerprint density at radius 1 is 1.38 bits per heavy atom. The highest BCUT2D eigenvalue weighted by molar-refractivity contribution is 9.10. The second kappa shape index (κ2) is 7.70. The van der Waals surface area contributed by atoms with Crippen molar-refractivity contribution in [2.45, 2.75) is 26.8 Å². The Kier molecular flexibility index (Phi) is 5.88. The molecule has 1 aromatic carbocycles. The molecule has 0 saturated heterocycles. The van der Waals surface area contributed by atoms with Gasteiger partial charge in [-0.15, -0.1) is 0 Å². The summed E-state index contributed by atoms with van der Waals surface area (Å²) < 4.78 is 11.2. The number of esters is 1. The molecule has 0 bridgehead atoms. The van der Waals surface area contributed by atoms with Crippen LogP contribution in [-0.2, 0) is 9.53 Å². The summed E-state index contributed by atoms with van der Waals surface area (Å²) in [5.74, 6) is 0.204. The summed E-state index contributed by atoms with van der Waals surface area (Å²) in [6.45, 7) is 5.85. The van der Waals surface area contributed by atoms with Crippen LogP contribution in [0, 0.1) is 5.92 Å². The molecule has 7 heteroatoms. The van der Waals surface area contributed by atoms with E-state index in [9.17, 15) is 9.59 Å². The molecule has 0 aromatic heterocycles. The number of carbonyl (C=O) groups excluding carboxylic acids is 2. The van der Waals surface area contributed by atoms with E-state index < -0.39 is 12.0 Å². The van der Waals surface area contributed by atoms with Crippen molar-refractivity contribution in [1.29, 1.82) is 0 Å². The van der Waals surface area contributed by atoms with Crippen LogP contribution >= 0.6 is 15.9 Å². The van der Waals surface area contributed by atoms with Gasteiger partial charge in [0.15, 0.2) is 0 Å². The van der Waals surface area contributed by atoms with Gasteiger partial charge < -0.3 is 20.1 Å². The van der Waals surface area contributed by atoms with Gasteiger partial charge in [-0.05, 0) is 46.5 Å². The molecular weight excluding hydrogens is 376 g/mol. The van der Waals surface area contributed by atoms with Crippen molar-refractivity contribution in [2.75, 3.05) is 13.7 Å². The molecule has 2 N–H and O–H groups in total. The van der Waals surface area contributed by atoms with Gasteiger partial charge in [-0.2, -0.15) is 0 Å². The average Bonchev–Trinajstić information content (AvgIpc) is 2.54. The van der Waals surface area contributed by atoms with Crippen LogP contribution in [0.1, 0.15) is 32.4 Å². The maximum atomic E-state index is 12.5. The molecule has 1 aromatic rings. The number of amides is 2. The van der Waals surface area contributed by atoms with E-state index in [-0.39, 0.29) is 18.6 Å². The number of ether oxygens (including phenoxy) is 2. The van der Waals surface area contributed by atoms with E-state index in [0.717, 1.165) is 10.0 Å². The van der Waals surface area contributed by atoms with Gasteiger partial charge in [0.05, 0.1) is 29.8 Å². The second-order valence-electron chi connectivity index (χ2n) is 5.63. The molecule has 130 valence electrons. The van der Waals surface area contributed by atoms with Gasteiger partial charge in [0.25, 0.3) is 0 Å². The van der Waals surface area contributed by atoms with Crippen molar-refractivity contribution in [3.8, 4) is 5.75 Å². The van der Waals surface area contributed by atoms with Gasteiger partial charge in [-0.25, -0.2) is 9.59 Å². The maximum absolute atomic E-state index is 12.5. The summed E-state index contributed by atoms with van der Waals surface area (Å²) in [7, 11) is 1.58. The first-order valence-corrected chi connectivity index (χ1v) is 8.50. The number of hydrogen-bond donors (Lipinski definition) is 2. The summed E-state index contributed by atoms with van der Waals surface area (Å²) in [4.78, 5) is 24.6. The third kappa shape index (κ3) is 3.72. The lowest BCUT2D eigenvalue weighted by Gasteiger charge is -2.31. The fourth-order valence-corrected chi connectivity index (χ4v) is 3.15. The fraction of sp³-hybridized carbons (Fsp3) is 0.412. The number of hydrogen-bond acceptors (Lipinski definition) is 4. The molecule has 2 rings (SSSR count). The zero-order chi connectivity index (χ0) is 17.9. The van der Waals surface area contributed by atoms with Crippen LogP contribution in [0.15, 0.2) is 33.9 Å². The van der Waals surface area contributed by atoms with Gasteiger partial charge in [0, 0.05) is 5.70 Å². The minimum atomic E-state index is -0.586. The van der Waals surface area contributed by atoms with E-state index in [1.165, 1.54) is 0 Å². The van der Waals surface area contributed by atoms with Crippen molar-refractivity contribution in [1.82, 2.24) is 10.6 Å². The standard InChI is InChI=1S/C17H21BrN2O4/c1-5-24-16(21)13-14(9(2)3)19-17(22)20-15(13)10-6-7-12(23-4)11(18)8-10/h6-9,15H,5H2,1-4H3,(H2,19,20,22). The van der Waals surface area contributed by atoms with E-state index in [1.54, 1.807) is 20.1 Å². The summed E-state index contributed by atoms with van der Waals surface area (Å²) in [5.41, 5.74) is 1.76. The number of urea groups is 1. The Bertz CT molecular complexity index is 685. The van der Waals surface area contributed by atoms with E-state index >= 15 is 0 Å². The number of nitrogens with one attached hydrogen (secondary N) is 2. The van der Waals surface area contributed by atoms with E-state index in [0.29, 0.717) is 17.0 Å². The molecular formula is C17H21BrN2O4. The molecule has 1 aliphatic rings. The van der Waals surface area contributed by atoms with Crippen molar-refractivity contribution in [3.05, 3.63) is 39.5 Å². The van der Waals surface area contributed by atoms with Crippen molar-refractivity contribution in [3.63, 3.8) is 0 Å². The summed E-state index contributed by atoms with van der Waals surface area (Å²) in [6.07, 6.45) is 0. The van der Waals surface area contributed by atoms with Crippen molar-refractivity contribution in [2.24, 2.45) is 5.92 Å². The van der Waals surface area contributed by atoms with Crippen LogP contribution in [0.25, 0.3) is 0 Å². The lowest BCUT2D eigenvalue weighted by atomic mass is 9.91. The smallest absolute Gasteiger partial charge is 0.338 e. The molecule has 1 aliphatic heterocycles. The molecule has 1 unspecified atom stereocenters. The summed E-state index contributed by atoms with van der Waals surface area (Å²) in [6, 6.07) is 4.50. The fourth-order valence-electron chi connectivity index (χ4n) is 2.59. The Balaban J connectivity index is 2.55. The second-order valence-corrected chi connectivity index (χ2v) is 6.48. The highest BCUT2D eigenvalue weighted by atomic mass is 79.9. The third-order valence-electron chi connectivity index (χ3n) is 3.68. The monoisotopic (exact) mass is 396 g/mol. The normalized spacial score (nSPS) is 17.4. The first kappa shape index (κ1) is 18.3. The molecule has 0 saturated carbocycles. The van der Waals surface area contributed by atoms with Crippen LogP contribution in [0.4, 0.5) is 4.79 Å². The van der Waals surface area contributed by atoms with Crippen molar-refractivity contribution >= 4 is 27.9 Å². The topological polar surface area (TPSA) is 76.7 Å². The molecule has 0 spiro atoms. The maximum Gasteiger partial charge on any atom is 0.338 e. The van der Waals surface area contributed by atoms with Gasteiger partial charge in [-0.3, -0.25) is 0 Å². The quantitative estimate of drug-likeness (QED) is 0.748. The lowest BCUT2D eigenvalue weighted by Crippen LogP contribution is -2.47. The highest BCUT2D eigenvalue weighted by Gasteiger charge is 2.34. The number of benzene rings is 1.